The van der Waals surface area contributed by atoms with Crippen LogP contribution in [0.5, 0.6) is 0 Å². The summed E-state index contributed by atoms with van der Waals surface area (Å²) >= 11 is 0. The standard InChI is InChI=1S/C11H23N3O2/c1-8(2)10(15)13-6-7-14-11(16)9(3)4-5-12/h8-9H,4-7,12H2,1-3H3,(H,13,15)(H,14,16). The number of hydrogen-bond acceptors (Lipinski definition) is 3. The first kappa shape index (κ1) is 14.9. The summed E-state index contributed by atoms with van der Waals surface area (Å²) in [4.78, 5) is 22.6. The maximum atomic E-state index is 11.4. The van der Waals surface area contributed by atoms with Gasteiger partial charge in [-0.2, -0.15) is 0 Å². The molecule has 0 heterocycles. The summed E-state index contributed by atoms with van der Waals surface area (Å²) in [6, 6.07) is 0. The Labute approximate surface area is 97.2 Å². The minimum Gasteiger partial charge on any atom is -0.354 e. The van der Waals surface area contributed by atoms with Crippen LogP contribution in [0.1, 0.15) is 27.2 Å². The molecular weight excluding hydrogens is 206 g/mol. The molecule has 0 aliphatic heterocycles. The molecule has 0 aromatic carbocycles. The Hall–Kier alpha value is -1.10. The first-order valence-electron chi connectivity index (χ1n) is 5.74. The molecule has 1 unspecified atom stereocenters. The number of rotatable bonds is 7. The van der Waals surface area contributed by atoms with Gasteiger partial charge in [-0.05, 0) is 13.0 Å². The maximum absolute atomic E-state index is 11.4. The van der Waals surface area contributed by atoms with Gasteiger partial charge in [-0.1, -0.05) is 20.8 Å². The van der Waals surface area contributed by atoms with Crippen LogP contribution >= 0.6 is 0 Å². The number of hydrogen-bond donors (Lipinski definition) is 3. The van der Waals surface area contributed by atoms with E-state index in [2.05, 4.69) is 10.6 Å². The quantitative estimate of drug-likeness (QED) is 0.531. The Morgan fingerprint density at radius 2 is 1.56 bits per heavy atom. The molecule has 4 N–H and O–H groups in total. The molecule has 0 saturated heterocycles. The van der Waals surface area contributed by atoms with E-state index in [0.717, 1.165) is 0 Å². The minimum absolute atomic E-state index is 0.00394. The van der Waals surface area contributed by atoms with E-state index in [9.17, 15) is 9.59 Å². The van der Waals surface area contributed by atoms with Gasteiger partial charge >= 0.3 is 0 Å². The molecule has 5 nitrogen and oxygen atoms in total. The van der Waals surface area contributed by atoms with Crippen LogP contribution in [-0.4, -0.2) is 31.4 Å². The fraction of sp³-hybridized carbons (Fsp3) is 0.818. The van der Waals surface area contributed by atoms with Crippen molar-refractivity contribution in [3.8, 4) is 0 Å². The van der Waals surface area contributed by atoms with Crippen molar-refractivity contribution in [2.45, 2.75) is 27.2 Å². The van der Waals surface area contributed by atoms with Gasteiger partial charge in [-0.3, -0.25) is 9.59 Å². The average molecular weight is 229 g/mol. The molecule has 0 bridgehead atoms. The number of amides is 2. The number of carbonyl (C=O) groups is 2. The normalized spacial score (nSPS) is 12.3. The largest absolute Gasteiger partial charge is 0.354 e. The van der Waals surface area contributed by atoms with Crippen molar-refractivity contribution in [1.82, 2.24) is 10.6 Å². The van der Waals surface area contributed by atoms with Crippen molar-refractivity contribution in [1.29, 1.82) is 0 Å². The minimum atomic E-state index is -0.0641. The lowest BCUT2D eigenvalue weighted by molar-refractivity contribution is -0.126. The fourth-order valence-corrected chi connectivity index (χ4v) is 1.13. The van der Waals surface area contributed by atoms with Crippen molar-refractivity contribution in [2.75, 3.05) is 19.6 Å². The maximum Gasteiger partial charge on any atom is 0.222 e. The van der Waals surface area contributed by atoms with Gasteiger partial charge in [0.1, 0.15) is 0 Å². The third kappa shape index (κ3) is 6.40. The molecule has 1 atom stereocenters. The molecule has 0 rings (SSSR count). The van der Waals surface area contributed by atoms with E-state index >= 15 is 0 Å². The van der Waals surface area contributed by atoms with E-state index in [-0.39, 0.29) is 23.7 Å². The topological polar surface area (TPSA) is 84.2 Å². The van der Waals surface area contributed by atoms with E-state index in [1.807, 2.05) is 20.8 Å². The average Bonchev–Trinajstić information content (AvgIpc) is 2.23. The zero-order valence-corrected chi connectivity index (χ0v) is 10.4. The summed E-state index contributed by atoms with van der Waals surface area (Å²) in [6.45, 7) is 6.95. The Morgan fingerprint density at radius 1 is 1.06 bits per heavy atom. The predicted octanol–water partition coefficient (Wildman–Crippen LogP) is -0.140. The van der Waals surface area contributed by atoms with Crippen LogP contribution in [-0.2, 0) is 9.59 Å². The molecule has 16 heavy (non-hydrogen) atoms. The van der Waals surface area contributed by atoms with E-state index in [1.54, 1.807) is 0 Å². The van der Waals surface area contributed by atoms with Crippen LogP contribution in [0.4, 0.5) is 0 Å². The lowest BCUT2D eigenvalue weighted by Crippen LogP contribution is -2.38. The SMILES string of the molecule is CC(C)C(=O)NCCNC(=O)C(C)CCN. The summed E-state index contributed by atoms with van der Waals surface area (Å²) in [5.41, 5.74) is 5.36. The zero-order valence-electron chi connectivity index (χ0n) is 10.4. The lowest BCUT2D eigenvalue weighted by Gasteiger charge is -2.12. The van der Waals surface area contributed by atoms with Crippen molar-refractivity contribution in [3.05, 3.63) is 0 Å². The molecular formula is C11H23N3O2. The Balaban J connectivity index is 3.59. The highest BCUT2D eigenvalue weighted by molar-refractivity contribution is 5.79. The second kappa shape index (κ2) is 8.10. The van der Waals surface area contributed by atoms with Crippen LogP contribution in [0, 0.1) is 11.8 Å². The molecule has 0 saturated carbocycles. The predicted molar refractivity (Wildman–Crippen MR) is 63.7 cm³/mol. The summed E-state index contributed by atoms with van der Waals surface area (Å²) in [6.07, 6.45) is 0.685. The number of carbonyl (C=O) groups excluding carboxylic acids is 2. The first-order chi connectivity index (χ1) is 7.49. The first-order valence-corrected chi connectivity index (χ1v) is 5.74. The van der Waals surface area contributed by atoms with Crippen molar-refractivity contribution in [3.63, 3.8) is 0 Å². The summed E-state index contributed by atoms with van der Waals surface area (Å²) < 4.78 is 0. The molecule has 5 heteroatoms. The Kier molecular flexibility index (Phi) is 7.54. The van der Waals surface area contributed by atoms with Crippen molar-refractivity contribution < 1.29 is 9.59 Å². The number of nitrogens with one attached hydrogen (secondary N) is 2. The molecule has 2 amide bonds. The molecule has 0 aliphatic carbocycles. The molecule has 0 aromatic heterocycles. The van der Waals surface area contributed by atoms with Crippen molar-refractivity contribution >= 4 is 11.8 Å². The molecule has 0 radical (unpaired) electrons. The monoisotopic (exact) mass is 229 g/mol. The Morgan fingerprint density at radius 3 is 2.00 bits per heavy atom. The fourth-order valence-electron chi connectivity index (χ4n) is 1.13. The second-order valence-electron chi connectivity index (χ2n) is 4.22. The van der Waals surface area contributed by atoms with Gasteiger partial charge in [0.2, 0.25) is 11.8 Å². The lowest BCUT2D eigenvalue weighted by atomic mass is 10.1. The van der Waals surface area contributed by atoms with Crippen LogP contribution in [0.15, 0.2) is 0 Å². The third-order valence-corrected chi connectivity index (χ3v) is 2.30. The summed E-state index contributed by atoms with van der Waals surface area (Å²) in [5, 5.41) is 5.48. The third-order valence-electron chi connectivity index (χ3n) is 2.30. The van der Waals surface area contributed by atoms with Gasteiger partial charge in [-0.15, -0.1) is 0 Å². The molecule has 94 valence electrons. The van der Waals surface area contributed by atoms with Crippen LogP contribution in [0.3, 0.4) is 0 Å². The molecule has 0 fully saturated rings. The van der Waals surface area contributed by atoms with Crippen LogP contribution in [0.25, 0.3) is 0 Å². The van der Waals surface area contributed by atoms with Gasteiger partial charge < -0.3 is 16.4 Å². The second-order valence-corrected chi connectivity index (χ2v) is 4.22. The molecule has 0 aromatic rings. The number of nitrogens with two attached hydrogens (primary N) is 1. The smallest absolute Gasteiger partial charge is 0.222 e. The highest BCUT2D eigenvalue weighted by Gasteiger charge is 2.11. The highest BCUT2D eigenvalue weighted by Crippen LogP contribution is 1.98. The summed E-state index contributed by atoms with van der Waals surface area (Å²) in [5.74, 6) is -0.0915. The zero-order chi connectivity index (χ0) is 12.6. The van der Waals surface area contributed by atoms with Crippen LogP contribution in [0.2, 0.25) is 0 Å². The van der Waals surface area contributed by atoms with Gasteiger partial charge in [0.15, 0.2) is 0 Å². The summed E-state index contributed by atoms with van der Waals surface area (Å²) in [7, 11) is 0. The molecule has 0 aliphatic rings. The van der Waals surface area contributed by atoms with E-state index in [1.165, 1.54) is 0 Å². The van der Waals surface area contributed by atoms with E-state index in [4.69, 9.17) is 5.73 Å². The van der Waals surface area contributed by atoms with Gasteiger partial charge in [-0.25, -0.2) is 0 Å². The van der Waals surface area contributed by atoms with Gasteiger partial charge in [0.25, 0.3) is 0 Å². The highest BCUT2D eigenvalue weighted by atomic mass is 16.2. The van der Waals surface area contributed by atoms with Gasteiger partial charge in [0.05, 0.1) is 0 Å². The van der Waals surface area contributed by atoms with Crippen LogP contribution < -0.4 is 16.4 Å². The molecule has 0 spiro atoms. The Bertz CT molecular complexity index is 229. The van der Waals surface area contributed by atoms with E-state index in [0.29, 0.717) is 26.1 Å². The van der Waals surface area contributed by atoms with Crippen molar-refractivity contribution in [2.24, 2.45) is 17.6 Å². The van der Waals surface area contributed by atoms with E-state index < -0.39 is 0 Å². The van der Waals surface area contributed by atoms with Gasteiger partial charge in [0, 0.05) is 24.9 Å².